The highest BCUT2D eigenvalue weighted by molar-refractivity contribution is 7.89. The quantitative estimate of drug-likeness (QED) is 0.842. The molecular formula is C12H14N4O3S. The maximum Gasteiger partial charge on any atom is 0.238 e. The third kappa shape index (κ3) is 3.65. The van der Waals surface area contributed by atoms with Crippen molar-refractivity contribution in [2.45, 2.75) is 11.4 Å². The van der Waals surface area contributed by atoms with Crippen LogP contribution >= 0.6 is 0 Å². The summed E-state index contributed by atoms with van der Waals surface area (Å²) in [4.78, 5) is 8.20. The van der Waals surface area contributed by atoms with Crippen LogP contribution in [0.15, 0.2) is 41.6 Å². The number of benzene rings is 1. The van der Waals surface area contributed by atoms with Crippen LogP contribution in [0.3, 0.4) is 0 Å². The van der Waals surface area contributed by atoms with E-state index in [1.807, 2.05) is 0 Å². The SMILES string of the molecule is COc1cnc(NCc2ccc(S(N)(=O)=O)cc2)nc1. The van der Waals surface area contributed by atoms with Gasteiger partial charge in [-0.1, -0.05) is 12.1 Å². The van der Waals surface area contributed by atoms with Crippen LogP contribution in [0.5, 0.6) is 5.75 Å². The molecule has 0 amide bonds. The van der Waals surface area contributed by atoms with E-state index >= 15 is 0 Å². The molecule has 0 bridgehead atoms. The van der Waals surface area contributed by atoms with Gasteiger partial charge in [-0.2, -0.15) is 0 Å². The van der Waals surface area contributed by atoms with Gasteiger partial charge >= 0.3 is 0 Å². The molecule has 0 unspecified atom stereocenters. The topological polar surface area (TPSA) is 107 Å². The van der Waals surface area contributed by atoms with E-state index in [1.54, 1.807) is 31.6 Å². The summed E-state index contributed by atoms with van der Waals surface area (Å²) in [7, 11) is -2.11. The minimum atomic E-state index is -3.65. The molecule has 0 aliphatic carbocycles. The first kappa shape index (κ1) is 14.2. The number of aromatic nitrogens is 2. The molecule has 0 spiro atoms. The molecular weight excluding hydrogens is 280 g/mol. The highest BCUT2D eigenvalue weighted by atomic mass is 32.2. The second-order valence-electron chi connectivity index (χ2n) is 3.99. The number of nitrogens with two attached hydrogens (primary N) is 1. The summed E-state index contributed by atoms with van der Waals surface area (Å²) in [6.45, 7) is 0.469. The smallest absolute Gasteiger partial charge is 0.238 e. The van der Waals surface area contributed by atoms with Crippen molar-refractivity contribution in [2.75, 3.05) is 12.4 Å². The minimum Gasteiger partial charge on any atom is -0.494 e. The van der Waals surface area contributed by atoms with Crippen molar-refractivity contribution >= 4 is 16.0 Å². The third-order valence-corrected chi connectivity index (χ3v) is 3.50. The molecule has 1 aromatic heterocycles. The second-order valence-corrected chi connectivity index (χ2v) is 5.55. The molecule has 20 heavy (non-hydrogen) atoms. The van der Waals surface area contributed by atoms with Crippen molar-refractivity contribution in [3.05, 3.63) is 42.2 Å². The summed E-state index contributed by atoms with van der Waals surface area (Å²) in [5.74, 6) is 1.04. The lowest BCUT2D eigenvalue weighted by Crippen LogP contribution is -2.12. The first-order valence-corrected chi connectivity index (χ1v) is 7.25. The van der Waals surface area contributed by atoms with Gasteiger partial charge < -0.3 is 10.1 Å². The van der Waals surface area contributed by atoms with E-state index in [4.69, 9.17) is 9.88 Å². The van der Waals surface area contributed by atoms with E-state index in [0.29, 0.717) is 18.2 Å². The average Bonchev–Trinajstić information content (AvgIpc) is 2.45. The molecule has 0 fully saturated rings. The minimum absolute atomic E-state index is 0.0851. The first-order chi connectivity index (χ1) is 9.49. The lowest BCUT2D eigenvalue weighted by Gasteiger charge is -2.06. The van der Waals surface area contributed by atoms with Gasteiger partial charge in [-0.05, 0) is 17.7 Å². The van der Waals surface area contributed by atoms with Gasteiger partial charge in [0.15, 0.2) is 5.75 Å². The number of anilines is 1. The number of ether oxygens (including phenoxy) is 1. The van der Waals surface area contributed by atoms with Crippen LogP contribution in [0, 0.1) is 0 Å². The molecule has 0 saturated heterocycles. The van der Waals surface area contributed by atoms with Gasteiger partial charge in [-0.15, -0.1) is 0 Å². The number of hydrogen-bond acceptors (Lipinski definition) is 6. The summed E-state index contributed by atoms with van der Waals surface area (Å²) in [5, 5.41) is 8.04. The third-order valence-electron chi connectivity index (χ3n) is 2.57. The number of primary sulfonamides is 1. The van der Waals surface area contributed by atoms with Crippen LogP contribution in [-0.4, -0.2) is 25.5 Å². The van der Waals surface area contributed by atoms with Crippen molar-refractivity contribution in [1.29, 1.82) is 0 Å². The van der Waals surface area contributed by atoms with Crippen molar-refractivity contribution in [2.24, 2.45) is 5.14 Å². The van der Waals surface area contributed by atoms with E-state index in [0.717, 1.165) is 5.56 Å². The standard InChI is InChI=1S/C12H14N4O3S/c1-19-10-7-15-12(16-8-10)14-6-9-2-4-11(5-3-9)20(13,17)18/h2-5,7-8H,6H2,1H3,(H2,13,17,18)(H,14,15,16). The van der Waals surface area contributed by atoms with Gasteiger partial charge in [0.2, 0.25) is 16.0 Å². The van der Waals surface area contributed by atoms with Gasteiger partial charge in [-0.25, -0.2) is 23.5 Å². The maximum atomic E-state index is 11.1. The Kier molecular flexibility index (Phi) is 4.16. The van der Waals surface area contributed by atoms with Crippen molar-refractivity contribution in [3.63, 3.8) is 0 Å². The Labute approximate surface area is 116 Å². The molecule has 3 N–H and O–H groups in total. The van der Waals surface area contributed by atoms with Gasteiger partial charge in [0.25, 0.3) is 0 Å². The van der Waals surface area contributed by atoms with Crippen LogP contribution in [0.25, 0.3) is 0 Å². The Morgan fingerprint density at radius 3 is 2.30 bits per heavy atom. The van der Waals surface area contributed by atoms with Crippen LogP contribution < -0.4 is 15.2 Å². The lowest BCUT2D eigenvalue weighted by atomic mass is 10.2. The van der Waals surface area contributed by atoms with E-state index < -0.39 is 10.0 Å². The molecule has 2 aromatic rings. The Morgan fingerprint density at radius 2 is 1.80 bits per heavy atom. The first-order valence-electron chi connectivity index (χ1n) is 5.70. The maximum absolute atomic E-state index is 11.1. The number of sulfonamides is 1. The number of rotatable bonds is 5. The van der Waals surface area contributed by atoms with Crippen molar-refractivity contribution in [1.82, 2.24) is 9.97 Å². The zero-order valence-corrected chi connectivity index (χ0v) is 11.6. The predicted molar refractivity (Wildman–Crippen MR) is 73.7 cm³/mol. The van der Waals surface area contributed by atoms with E-state index in [2.05, 4.69) is 15.3 Å². The Morgan fingerprint density at radius 1 is 1.20 bits per heavy atom. The van der Waals surface area contributed by atoms with E-state index in [-0.39, 0.29) is 4.90 Å². The largest absolute Gasteiger partial charge is 0.494 e. The lowest BCUT2D eigenvalue weighted by molar-refractivity contribution is 0.411. The number of hydrogen-bond donors (Lipinski definition) is 2. The highest BCUT2D eigenvalue weighted by Gasteiger charge is 2.06. The number of nitrogens with one attached hydrogen (secondary N) is 1. The fourth-order valence-electron chi connectivity index (χ4n) is 1.49. The molecule has 0 atom stereocenters. The Balaban J connectivity index is 2.00. The molecule has 8 heteroatoms. The zero-order chi connectivity index (χ0) is 14.6. The van der Waals surface area contributed by atoms with Crippen LogP contribution in [0.1, 0.15) is 5.56 Å². The average molecular weight is 294 g/mol. The summed E-state index contributed by atoms with van der Waals surface area (Å²) >= 11 is 0. The van der Waals surface area contributed by atoms with Crippen molar-refractivity contribution < 1.29 is 13.2 Å². The summed E-state index contributed by atoms with van der Waals surface area (Å²) in [6, 6.07) is 6.27. The number of nitrogens with zero attached hydrogens (tertiary/aromatic N) is 2. The number of methoxy groups -OCH3 is 1. The molecule has 2 rings (SSSR count). The Hall–Kier alpha value is -2.19. The van der Waals surface area contributed by atoms with E-state index in [1.165, 1.54) is 12.1 Å². The molecule has 0 aliphatic heterocycles. The van der Waals surface area contributed by atoms with Crippen LogP contribution in [0.2, 0.25) is 0 Å². The van der Waals surface area contributed by atoms with Crippen molar-refractivity contribution in [3.8, 4) is 5.75 Å². The fourth-order valence-corrected chi connectivity index (χ4v) is 2.01. The second kappa shape index (κ2) is 5.85. The monoisotopic (exact) mass is 294 g/mol. The normalized spacial score (nSPS) is 11.1. The molecule has 0 saturated carbocycles. The molecule has 106 valence electrons. The van der Waals surface area contributed by atoms with Gasteiger partial charge in [0, 0.05) is 6.54 Å². The summed E-state index contributed by atoms with van der Waals surface area (Å²) in [6.07, 6.45) is 3.11. The van der Waals surface area contributed by atoms with Crippen LogP contribution in [-0.2, 0) is 16.6 Å². The predicted octanol–water partition coefficient (Wildman–Crippen LogP) is 0.745. The zero-order valence-electron chi connectivity index (χ0n) is 10.8. The van der Waals surface area contributed by atoms with E-state index in [9.17, 15) is 8.42 Å². The van der Waals surface area contributed by atoms with Gasteiger partial charge in [0.1, 0.15) is 0 Å². The molecule has 1 heterocycles. The molecule has 0 radical (unpaired) electrons. The highest BCUT2D eigenvalue weighted by Crippen LogP contribution is 2.11. The van der Waals surface area contributed by atoms with Gasteiger partial charge in [-0.3, -0.25) is 0 Å². The summed E-state index contributed by atoms with van der Waals surface area (Å²) < 4.78 is 27.2. The van der Waals surface area contributed by atoms with Crippen LogP contribution in [0.4, 0.5) is 5.95 Å². The molecule has 0 aliphatic rings. The summed E-state index contributed by atoms with van der Waals surface area (Å²) in [5.41, 5.74) is 0.886. The Bertz CT molecular complexity index is 669. The molecule has 7 nitrogen and oxygen atoms in total. The van der Waals surface area contributed by atoms with Gasteiger partial charge in [0.05, 0.1) is 24.4 Å². The molecule has 1 aromatic carbocycles. The fraction of sp³-hybridized carbons (Fsp3) is 0.167.